The number of rotatable bonds is 4. The minimum absolute atomic E-state index is 0.126. The van der Waals surface area contributed by atoms with Gasteiger partial charge in [-0.25, -0.2) is 4.99 Å². The Hall–Kier alpha value is -3.45. The summed E-state index contributed by atoms with van der Waals surface area (Å²) in [6.45, 7) is 3.28. The lowest BCUT2D eigenvalue weighted by molar-refractivity contribution is -0.114. The summed E-state index contributed by atoms with van der Waals surface area (Å²) in [4.78, 5) is 30.9. The SMILES string of the molecule is COc1ccc([C@@H]2C(C(C)=O)=C(C)N=c3s/c(=C/c4cccc(O)c4)c(=O)n32)cc1. The number of carbonyl (C=O) groups is 1. The summed E-state index contributed by atoms with van der Waals surface area (Å²) in [6, 6.07) is 13.5. The summed E-state index contributed by atoms with van der Waals surface area (Å²) in [7, 11) is 1.59. The number of aromatic hydroxyl groups is 1. The number of phenolic OH excluding ortho intramolecular Hbond substituents is 1. The Morgan fingerprint density at radius 3 is 2.60 bits per heavy atom. The molecule has 30 heavy (non-hydrogen) atoms. The summed E-state index contributed by atoms with van der Waals surface area (Å²) in [5.41, 5.74) is 2.39. The average molecular weight is 420 g/mol. The first-order valence-electron chi connectivity index (χ1n) is 9.35. The minimum Gasteiger partial charge on any atom is -0.508 e. The van der Waals surface area contributed by atoms with Crippen LogP contribution in [-0.2, 0) is 4.79 Å². The number of nitrogens with zero attached hydrogens (tertiary/aromatic N) is 2. The van der Waals surface area contributed by atoms with Crippen LogP contribution >= 0.6 is 11.3 Å². The normalized spacial score (nSPS) is 16.2. The number of methoxy groups -OCH3 is 1. The topological polar surface area (TPSA) is 80.9 Å². The van der Waals surface area contributed by atoms with Crippen molar-refractivity contribution < 1.29 is 14.6 Å². The third-order valence-corrected chi connectivity index (χ3v) is 5.98. The smallest absolute Gasteiger partial charge is 0.271 e. The number of ketones is 1. The van der Waals surface area contributed by atoms with E-state index in [2.05, 4.69) is 4.99 Å². The largest absolute Gasteiger partial charge is 0.508 e. The number of phenols is 1. The van der Waals surface area contributed by atoms with Gasteiger partial charge >= 0.3 is 0 Å². The molecule has 3 aromatic rings. The van der Waals surface area contributed by atoms with Crippen LogP contribution in [0.4, 0.5) is 0 Å². The van der Waals surface area contributed by atoms with Crippen LogP contribution in [0.2, 0.25) is 0 Å². The molecule has 0 spiro atoms. The standard InChI is InChI=1S/C23H20N2O4S/c1-13-20(14(2)26)21(16-7-9-18(29-3)10-8-16)25-22(28)19(30-23(25)24-13)12-15-5-4-6-17(27)11-15/h4-12,21,27H,1-3H3/b19-12+/t21-/m1/s1. The molecule has 0 saturated carbocycles. The van der Waals surface area contributed by atoms with Gasteiger partial charge in [-0.2, -0.15) is 0 Å². The molecule has 0 fully saturated rings. The maximum Gasteiger partial charge on any atom is 0.271 e. The van der Waals surface area contributed by atoms with Gasteiger partial charge in [0, 0.05) is 11.3 Å². The van der Waals surface area contributed by atoms with Crippen LogP contribution < -0.4 is 19.6 Å². The number of hydrogen-bond donors (Lipinski definition) is 1. The molecule has 4 rings (SSSR count). The van der Waals surface area contributed by atoms with Crippen LogP contribution in [0.5, 0.6) is 11.5 Å². The van der Waals surface area contributed by atoms with Crippen molar-refractivity contribution in [2.75, 3.05) is 7.11 Å². The molecule has 0 saturated heterocycles. The van der Waals surface area contributed by atoms with E-state index in [1.807, 2.05) is 30.3 Å². The molecule has 0 unspecified atom stereocenters. The first-order valence-corrected chi connectivity index (χ1v) is 10.2. The van der Waals surface area contributed by atoms with Crippen LogP contribution in [0.3, 0.4) is 0 Å². The highest BCUT2D eigenvalue weighted by Gasteiger charge is 2.30. The zero-order valence-corrected chi connectivity index (χ0v) is 17.6. The first kappa shape index (κ1) is 19.8. The van der Waals surface area contributed by atoms with E-state index in [0.29, 0.717) is 31.9 Å². The Labute approximate surface area is 176 Å². The van der Waals surface area contributed by atoms with E-state index in [4.69, 9.17) is 4.74 Å². The Morgan fingerprint density at radius 1 is 1.23 bits per heavy atom. The molecule has 1 N–H and O–H groups in total. The predicted octanol–water partition coefficient (Wildman–Crippen LogP) is 2.54. The summed E-state index contributed by atoms with van der Waals surface area (Å²) < 4.78 is 7.29. The van der Waals surface area contributed by atoms with Gasteiger partial charge in [0.1, 0.15) is 11.5 Å². The zero-order valence-electron chi connectivity index (χ0n) is 16.7. The van der Waals surface area contributed by atoms with Gasteiger partial charge in [0.2, 0.25) is 0 Å². The van der Waals surface area contributed by atoms with Crippen LogP contribution in [0.25, 0.3) is 6.08 Å². The number of carbonyl (C=O) groups excluding carboxylic acids is 1. The molecule has 0 bridgehead atoms. The third kappa shape index (κ3) is 3.48. The van der Waals surface area contributed by atoms with Gasteiger partial charge < -0.3 is 9.84 Å². The number of fused-ring (bicyclic) bond motifs is 1. The van der Waals surface area contributed by atoms with Crippen molar-refractivity contribution in [2.45, 2.75) is 19.9 Å². The van der Waals surface area contributed by atoms with Gasteiger partial charge in [0.15, 0.2) is 10.6 Å². The maximum atomic E-state index is 13.3. The number of ether oxygens (including phenoxy) is 1. The lowest BCUT2D eigenvalue weighted by atomic mass is 9.93. The molecular formula is C23H20N2O4S. The molecule has 2 heterocycles. The summed E-state index contributed by atoms with van der Waals surface area (Å²) in [5.74, 6) is 0.696. The predicted molar refractivity (Wildman–Crippen MR) is 116 cm³/mol. The average Bonchev–Trinajstić information content (AvgIpc) is 3.01. The maximum absolute atomic E-state index is 13.3. The summed E-state index contributed by atoms with van der Waals surface area (Å²) in [5, 5.41) is 9.71. The second-order valence-electron chi connectivity index (χ2n) is 7.01. The highest BCUT2D eigenvalue weighted by Crippen LogP contribution is 2.31. The van der Waals surface area contributed by atoms with E-state index in [9.17, 15) is 14.7 Å². The van der Waals surface area contributed by atoms with E-state index in [1.54, 1.807) is 42.9 Å². The molecule has 0 radical (unpaired) electrons. The number of Topliss-reactive ketones (excluding diaryl/α,β-unsaturated/α-hetero) is 1. The molecule has 0 aliphatic carbocycles. The second-order valence-corrected chi connectivity index (χ2v) is 8.02. The number of hydrogen-bond acceptors (Lipinski definition) is 6. The van der Waals surface area contributed by atoms with Gasteiger partial charge in [0.05, 0.1) is 17.7 Å². The Morgan fingerprint density at radius 2 is 1.97 bits per heavy atom. The molecule has 2 aromatic carbocycles. The van der Waals surface area contributed by atoms with Crippen molar-refractivity contribution in [3.63, 3.8) is 0 Å². The monoisotopic (exact) mass is 420 g/mol. The summed E-state index contributed by atoms with van der Waals surface area (Å²) >= 11 is 1.26. The molecule has 0 amide bonds. The molecule has 7 heteroatoms. The minimum atomic E-state index is -0.559. The van der Waals surface area contributed by atoms with Crippen LogP contribution in [0.1, 0.15) is 31.0 Å². The lowest BCUT2D eigenvalue weighted by Gasteiger charge is -2.24. The van der Waals surface area contributed by atoms with Gasteiger partial charge in [-0.05, 0) is 55.3 Å². The van der Waals surface area contributed by atoms with E-state index in [1.165, 1.54) is 18.3 Å². The van der Waals surface area contributed by atoms with E-state index in [-0.39, 0.29) is 17.1 Å². The van der Waals surface area contributed by atoms with Crippen molar-refractivity contribution in [2.24, 2.45) is 4.99 Å². The molecule has 6 nitrogen and oxygen atoms in total. The molecule has 1 atom stereocenters. The van der Waals surface area contributed by atoms with E-state index in [0.717, 1.165) is 5.56 Å². The fourth-order valence-electron chi connectivity index (χ4n) is 3.64. The van der Waals surface area contributed by atoms with E-state index >= 15 is 0 Å². The van der Waals surface area contributed by atoms with Crippen molar-refractivity contribution in [1.82, 2.24) is 4.57 Å². The zero-order chi connectivity index (χ0) is 21.4. The van der Waals surface area contributed by atoms with E-state index < -0.39 is 6.04 Å². The Balaban J connectivity index is 1.96. The Bertz CT molecular complexity index is 1350. The highest BCUT2D eigenvalue weighted by molar-refractivity contribution is 7.07. The number of aromatic nitrogens is 1. The Kier molecular flexibility index (Phi) is 5.13. The molecule has 152 valence electrons. The lowest BCUT2D eigenvalue weighted by Crippen LogP contribution is -2.39. The van der Waals surface area contributed by atoms with Crippen molar-refractivity contribution in [3.8, 4) is 11.5 Å². The number of thiazole rings is 1. The van der Waals surface area contributed by atoms with Crippen LogP contribution in [-0.4, -0.2) is 22.6 Å². The quantitative estimate of drug-likeness (QED) is 0.703. The van der Waals surface area contributed by atoms with Crippen molar-refractivity contribution >= 4 is 23.2 Å². The summed E-state index contributed by atoms with van der Waals surface area (Å²) in [6.07, 6.45) is 1.72. The van der Waals surface area contributed by atoms with Gasteiger partial charge in [-0.3, -0.25) is 14.2 Å². The highest BCUT2D eigenvalue weighted by atomic mass is 32.1. The first-order chi connectivity index (χ1) is 14.4. The van der Waals surface area contributed by atoms with Crippen molar-refractivity contribution in [3.05, 3.63) is 90.6 Å². The molecule has 1 aromatic heterocycles. The van der Waals surface area contributed by atoms with Crippen molar-refractivity contribution in [1.29, 1.82) is 0 Å². The fraction of sp³-hybridized carbons (Fsp3) is 0.174. The third-order valence-electron chi connectivity index (χ3n) is 5.00. The fourth-order valence-corrected chi connectivity index (χ4v) is 4.68. The number of benzene rings is 2. The van der Waals surface area contributed by atoms with Gasteiger partial charge in [-0.1, -0.05) is 35.6 Å². The molecule has 1 aliphatic heterocycles. The van der Waals surface area contributed by atoms with Gasteiger partial charge in [0.25, 0.3) is 5.56 Å². The second kappa shape index (κ2) is 7.76. The van der Waals surface area contributed by atoms with Crippen LogP contribution in [0, 0.1) is 0 Å². The van der Waals surface area contributed by atoms with Gasteiger partial charge in [-0.15, -0.1) is 0 Å². The van der Waals surface area contributed by atoms with Crippen LogP contribution in [0.15, 0.2) is 69.6 Å². The number of allylic oxidation sites excluding steroid dienone is 2. The molecular weight excluding hydrogens is 400 g/mol. The molecule has 1 aliphatic rings.